The van der Waals surface area contributed by atoms with E-state index >= 15 is 0 Å². The zero-order chi connectivity index (χ0) is 8.15. The van der Waals surface area contributed by atoms with Gasteiger partial charge >= 0.3 is 5.97 Å². The van der Waals surface area contributed by atoms with Crippen LogP contribution in [0, 0.1) is 0 Å². The zero-order valence-electron chi connectivity index (χ0n) is 5.71. The Balaban J connectivity index is 3.40. The van der Waals surface area contributed by atoms with Gasteiger partial charge in [-0.2, -0.15) is 0 Å². The van der Waals surface area contributed by atoms with Crippen molar-refractivity contribution in [3.63, 3.8) is 0 Å². The lowest BCUT2D eigenvalue weighted by atomic mass is 10.2. The summed E-state index contributed by atoms with van der Waals surface area (Å²) in [5.41, 5.74) is 5.21. The molecule has 0 saturated heterocycles. The summed E-state index contributed by atoms with van der Waals surface area (Å²) < 4.78 is 0. The Labute approximate surface area is 67.4 Å². The summed E-state index contributed by atoms with van der Waals surface area (Å²) >= 11 is 0. The van der Waals surface area contributed by atoms with Gasteiger partial charge in [0.1, 0.15) is 18.1 Å². The average molecular weight is 185 g/mol. The third kappa shape index (κ3) is 4.90. The first-order chi connectivity index (χ1) is 4.54. The number of hydrogen-bond acceptors (Lipinski definition) is 2. The summed E-state index contributed by atoms with van der Waals surface area (Å²) in [6.07, 6.45) is 2.30. The van der Waals surface area contributed by atoms with Crippen molar-refractivity contribution in [2.24, 2.45) is 5.73 Å². The summed E-state index contributed by atoms with van der Waals surface area (Å²) in [4.78, 5) is 10.1. The molecule has 0 bridgehead atoms. The lowest BCUT2D eigenvalue weighted by molar-refractivity contribution is -0.138. The minimum absolute atomic E-state index is 0.224. The van der Waals surface area contributed by atoms with Crippen LogP contribution in [0.15, 0.2) is 0 Å². The predicted octanol–water partition coefficient (Wildman–Crippen LogP) is 0.190. The van der Waals surface area contributed by atoms with E-state index in [1.165, 1.54) is 0 Å². The van der Waals surface area contributed by atoms with Crippen molar-refractivity contribution in [2.75, 3.05) is 12.0 Å². The van der Waals surface area contributed by atoms with E-state index in [0.29, 0.717) is 12.2 Å². The minimum Gasteiger partial charge on any atom is -0.480 e. The molecule has 60 valence electrons. The maximum absolute atomic E-state index is 10.1. The van der Waals surface area contributed by atoms with Crippen molar-refractivity contribution in [1.29, 1.82) is 0 Å². The van der Waals surface area contributed by atoms with Crippen LogP contribution in [0.5, 0.6) is 0 Å². The van der Waals surface area contributed by atoms with Crippen LogP contribution in [0.1, 0.15) is 6.42 Å². The summed E-state index contributed by atoms with van der Waals surface area (Å²) in [7, 11) is 5.38. The molecule has 0 rings (SSSR count). The second-order valence-electron chi connectivity index (χ2n) is 1.99. The Kier molecular flexibility index (Phi) is 4.85. The molecule has 0 fully saturated rings. The summed E-state index contributed by atoms with van der Waals surface area (Å²) in [5, 5.41) is 8.33. The van der Waals surface area contributed by atoms with Crippen LogP contribution in [0.2, 0.25) is 0 Å². The van der Waals surface area contributed by atoms with Gasteiger partial charge in [-0.1, -0.05) is 0 Å². The molecule has 3 N–H and O–H groups in total. The van der Waals surface area contributed by atoms with Crippen molar-refractivity contribution in [3.8, 4) is 0 Å². The Morgan fingerprint density at radius 3 is 2.70 bits per heavy atom. The van der Waals surface area contributed by atoms with Gasteiger partial charge in [-0.05, 0) is 0 Å². The molecule has 0 amide bonds. The van der Waals surface area contributed by atoms with Gasteiger partial charge in [0.2, 0.25) is 0 Å². The van der Waals surface area contributed by atoms with Crippen molar-refractivity contribution in [3.05, 3.63) is 0 Å². The predicted molar refractivity (Wildman–Crippen MR) is 44.2 cm³/mol. The number of carboxylic acid groups (broad SMARTS) is 1. The molecule has 2 atom stereocenters. The second kappa shape index (κ2) is 4.82. The van der Waals surface area contributed by atoms with Gasteiger partial charge < -0.3 is 10.8 Å². The fourth-order valence-electron chi connectivity index (χ4n) is 0.413. The van der Waals surface area contributed by atoms with E-state index in [0.717, 1.165) is 0 Å². The molecule has 0 heterocycles. The van der Waals surface area contributed by atoms with Crippen LogP contribution in [0.25, 0.3) is 0 Å². The van der Waals surface area contributed by atoms with Crippen LogP contribution >= 0.6 is 10.7 Å². The van der Waals surface area contributed by atoms with Gasteiger partial charge in [0.05, 0.1) is 10.1 Å². The number of aliphatic carboxylic acids is 1. The van der Waals surface area contributed by atoms with E-state index < -0.39 is 12.0 Å². The highest BCUT2D eigenvalue weighted by Gasteiger charge is 2.16. The fraction of sp³-hybridized carbons (Fsp3) is 0.800. The van der Waals surface area contributed by atoms with E-state index in [1.807, 2.05) is 6.26 Å². The average Bonchev–Trinajstić information content (AvgIpc) is 1.82. The molecule has 0 aromatic heterocycles. The van der Waals surface area contributed by atoms with Gasteiger partial charge in [0.15, 0.2) is 10.7 Å². The van der Waals surface area contributed by atoms with Crippen molar-refractivity contribution >= 4 is 26.8 Å². The molecular formula is C5H11ClNO2S+. The largest absolute Gasteiger partial charge is 0.480 e. The van der Waals surface area contributed by atoms with Gasteiger partial charge in [0, 0.05) is 6.42 Å². The number of hydrogen-bond donors (Lipinski definition) is 2. The number of nitrogens with two attached hydrogens (primary N) is 1. The molecule has 10 heavy (non-hydrogen) atoms. The summed E-state index contributed by atoms with van der Waals surface area (Å²) in [5.74, 6) is -0.281. The Bertz CT molecular complexity index is 120. The standard InChI is InChI=1S/C5H10ClNO2S/c1-10(6)3-2-4(7)5(8)9/h4H,2-3,7H2,1H3/p+1. The number of carboxylic acids is 1. The van der Waals surface area contributed by atoms with E-state index in [9.17, 15) is 4.79 Å². The topological polar surface area (TPSA) is 63.3 Å². The molecule has 2 unspecified atom stereocenters. The highest BCUT2D eigenvalue weighted by molar-refractivity contribution is 8.17. The minimum atomic E-state index is -0.956. The summed E-state index contributed by atoms with van der Waals surface area (Å²) in [6.45, 7) is 0. The number of halogens is 1. The third-order valence-corrected chi connectivity index (χ3v) is 2.29. The molecule has 0 aromatic rings. The van der Waals surface area contributed by atoms with Crippen LogP contribution in [0.4, 0.5) is 0 Å². The lowest BCUT2D eigenvalue weighted by Crippen LogP contribution is -2.31. The quantitative estimate of drug-likeness (QED) is 0.614. The van der Waals surface area contributed by atoms with Gasteiger partial charge in [-0.15, -0.1) is 0 Å². The Morgan fingerprint density at radius 1 is 1.90 bits per heavy atom. The second-order valence-corrected chi connectivity index (χ2v) is 5.08. The van der Waals surface area contributed by atoms with Crippen molar-refractivity contribution in [1.82, 2.24) is 0 Å². The van der Waals surface area contributed by atoms with Crippen LogP contribution in [0.3, 0.4) is 0 Å². The Hall–Kier alpha value is 0.0700. The molecule has 0 spiro atoms. The fourth-order valence-corrected chi connectivity index (χ4v) is 1.26. The zero-order valence-corrected chi connectivity index (χ0v) is 7.28. The summed E-state index contributed by atoms with van der Waals surface area (Å²) in [6, 6.07) is -0.756. The van der Waals surface area contributed by atoms with E-state index in [1.54, 1.807) is 0 Å². The smallest absolute Gasteiger partial charge is 0.320 e. The molecule has 0 aliphatic carbocycles. The SMILES string of the molecule is C[S+](Cl)CCC(N)C(=O)O. The van der Waals surface area contributed by atoms with Crippen molar-refractivity contribution < 1.29 is 9.90 Å². The van der Waals surface area contributed by atoms with Crippen molar-refractivity contribution in [2.45, 2.75) is 12.5 Å². The lowest BCUT2D eigenvalue weighted by Gasteiger charge is -2.01. The van der Waals surface area contributed by atoms with Crippen LogP contribution in [-0.4, -0.2) is 29.1 Å². The normalized spacial score (nSPS) is 16.3. The highest BCUT2D eigenvalue weighted by Crippen LogP contribution is 2.01. The molecular weight excluding hydrogens is 174 g/mol. The monoisotopic (exact) mass is 184 g/mol. The first-order valence-corrected chi connectivity index (χ1v) is 5.44. The van der Waals surface area contributed by atoms with Crippen LogP contribution < -0.4 is 5.73 Å². The molecule has 0 aromatic carbocycles. The van der Waals surface area contributed by atoms with Crippen LogP contribution in [-0.2, 0) is 14.9 Å². The first-order valence-electron chi connectivity index (χ1n) is 2.81. The van der Waals surface area contributed by atoms with Gasteiger partial charge in [-0.3, -0.25) is 4.79 Å². The molecule has 0 radical (unpaired) electrons. The van der Waals surface area contributed by atoms with Gasteiger partial charge in [0.25, 0.3) is 0 Å². The number of rotatable bonds is 4. The van der Waals surface area contributed by atoms with E-state index in [4.69, 9.17) is 21.5 Å². The number of carbonyl (C=O) groups is 1. The maximum Gasteiger partial charge on any atom is 0.320 e. The molecule has 0 saturated carbocycles. The molecule has 3 nitrogen and oxygen atoms in total. The maximum atomic E-state index is 10.1. The Morgan fingerprint density at radius 2 is 2.40 bits per heavy atom. The van der Waals surface area contributed by atoms with E-state index in [2.05, 4.69) is 0 Å². The first kappa shape index (κ1) is 10.1. The van der Waals surface area contributed by atoms with Gasteiger partial charge in [-0.25, -0.2) is 0 Å². The molecule has 0 aliphatic rings. The highest BCUT2D eigenvalue weighted by atomic mass is 35.7. The van der Waals surface area contributed by atoms with E-state index in [-0.39, 0.29) is 10.1 Å². The molecule has 5 heteroatoms. The third-order valence-electron chi connectivity index (χ3n) is 1.03. The molecule has 0 aliphatic heterocycles.